The third-order valence-corrected chi connectivity index (χ3v) is 7.52. The summed E-state index contributed by atoms with van der Waals surface area (Å²) < 4.78 is 27.0. The van der Waals surface area contributed by atoms with E-state index in [0.717, 1.165) is 38.0 Å². The molecule has 1 N–H and O–H groups in total. The number of carbonyl (C=O) groups is 1. The fourth-order valence-electron chi connectivity index (χ4n) is 3.55. The average molecular weight is 422 g/mol. The minimum atomic E-state index is -3.59. The molecular weight excluding hydrogens is 386 g/mol. The predicted octanol–water partition coefficient (Wildman–Crippen LogP) is 3.19. The van der Waals surface area contributed by atoms with E-state index in [-0.39, 0.29) is 16.8 Å². The van der Waals surface area contributed by atoms with Crippen LogP contribution in [0.2, 0.25) is 0 Å². The zero-order valence-electron chi connectivity index (χ0n) is 18.4. The van der Waals surface area contributed by atoms with Crippen LogP contribution in [0.4, 0.5) is 0 Å². The lowest BCUT2D eigenvalue weighted by Crippen LogP contribution is -2.44. The molecule has 0 aromatic heterocycles. The fraction of sp³-hybridized carbons (Fsp3) is 0.591. The number of nitrogens with zero attached hydrogens (tertiary/aromatic N) is 2. The number of hydrogen-bond acceptors (Lipinski definition) is 4. The van der Waals surface area contributed by atoms with Gasteiger partial charge < -0.3 is 5.32 Å². The number of carbonyl (C=O) groups excluding carboxylic acids is 1. The number of sulfonamides is 1. The molecule has 1 heterocycles. The number of rotatable bonds is 8. The summed E-state index contributed by atoms with van der Waals surface area (Å²) in [5.41, 5.74) is 2.53. The van der Waals surface area contributed by atoms with Crippen molar-refractivity contribution in [3.05, 3.63) is 41.0 Å². The molecule has 7 heteroatoms. The number of piperidine rings is 1. The molecule has 0 aliphatic carbocycles. The van der Waals surface area contributed by atoms with Gasteiger partial charge in [0, 0.05) is 44.3 Å². The maximum atomic E-state index is 12.9. The second-order valence-electron chi connectivity index (χ2n) is 7.90. The number of aryl methyl sites for hydroxylation is 1. The Balaban J connectivity index is 2.07. The molecular formula is C22H35N3O3S. The third-order valence-electron chi connectivity index (χ3n) is 5.48. The first-order chi connectivity index (χ1) is 13.7. The number of amides is 1. The SMILES string of the molecule is CCN(CC)S(=O)(=O)c1ccc(C)c(C(=O)NC2CCN(CC=C(C)C)CC2)c1. The molecule has 0 unspecified atom stereocenters. The van der Waals surface area contributed by atoms with Gasteiger partial charge in [-0.25, -0.2) is 8.42 Å². The van der Waals surface area contributed by atoms with Crippen molar-refractivity contribution in [2.75, 3.05) is 32.7 Å². The van der Waals surface area contributed by atoms with Gasteiger partial charge in [0.25, 0.3) is 5.91 Å². The van der Waals surface area contributed by atoms with Gasteiger partial charge in [-0.1, -0.05) is 31.6 Å². The van der Waals surface area contributed by atoms with Gasteiger partial charge in [0.2, 0.25) is 10.0 Å². The van der Waals surface area contributed by atoms with E-state index in [2.05, 4.69) is 30.1 Å². The van der Waals surface area contributed by atoms with Crippen molar-refractivity contribution in [2.45, 2.75) is 58.4 Å². The first kappa shape index (κ1) is 23.6. The minimum absolute atomic E-state index is 0.118. The molecule has 0 radical (unpaired) electrons. The second-order valence-corrected chi connectivity index (χ2v) is 9.83. The zero-order chi connectivity index (χ0) is 21.6. The summed E-state index contributed by atoms with van der Waals surface area (Å²) in [7, 11) is -3.59. The van der Waals surface area contributed by atoms with Crippen molar-refractivity contribution in [1.29, 1.82) is 0 Å². The second kappa shape index (κ2) is 10.4. The molecule has 1 aromatic rings. The van der Waals surface area contributed by atoms with E-state index in [0.29, 0.717) is 18.7 Å². The average Bonchev–Trinajstić information content (AvgIpc) is 2.68. The number of benzene rings is 1. The van der Waals surface area contributed by atoms with Crippen molar-refractivity contribution in [1.82, 2.24) is 14.5 Å². The van der Waals surface area contributed by atoms with Gasteiger partial charge in [0.15, 0.2) is 0 Å². The fourth-order valence-corrected chi connectivity index (χ4v) is 5.04. The van der Waals surface area contributed by atoms with Crippen LogP contribution in [0.25, 0.3) is 0 Å². The summed E-state index contributed by atoms with van der Waals surface area (Å²) in [4.78, 5) is 15.4. The normalized spacial score (nSPS) is 16.1. The van der Waals surface area contributed by atoms with Crippen LogP contribution in [-0.2, 0) is 10.0 Å². The van der Waals surface area contributed by atoms with Crippen molar-refractivity contribution in [3.8, 4) is 0 Å². The number of allylic oxidation sites excluding steroid dienone is 1. The van der Waals surface area contributed by atoms with Gasteiger partial charge >= 0.3 is 0 Å². The zero-order valence-corrected chi connectivity index (χ0v) is 19.2. The van der Waals surface area contributed by atoms with E-state index in [9.17, 15) is 13.2 Å². The Labute approximate surface area is 176 Å². The van der Waals surface area contributed by atoms with E-state index in [1.807, 2.05) is 20.8 Å². The van der Waals surface area contributed by atoms with Crippen LogP contribution in [-0.4, -0.2) is 62.3 Å². The Morgan fingerprint density at radius 1 is 1.21 bits per heavy atom. The van der Waals surface area contributed by atoms with Gasteiger partial charge in [0.1, 0.15) is 0 Å². The molecule has 0 saturated carbocycles. The Hall–Kier alpha value is -1.70. The van der Waals surface area contributed by atoms with E-state index in [4.69, 9.17) is 0 Å². The summed E-state index contributed by atoms with van der Waals surface area (Å²) in [5.74, 6) is -0.193. The van der Waals surface area contributed by atoms with Crippen molar-refractivity contribution >= 4 is 15.9 Å². The third kappa shape index (κ3) is 6.14. The van der Waals surface area contributed by atoms with Crippen molar-refractivity contribution in [2.24, 2.45) is 0 Å². The van der Waals surface area contributed by atoms with Gasteiger partial charge in [-0.2, -0.15) is 4.31 Å². The highest BCUT2D eigenvalue weighted by Crippen LogP contribution is 2.20. The summed E-state index contributed by atoms with van der Waals surface area (Å²) >= 11 is 0. The molecule has 6 nitrogen and oxygen atoms in total. The maximum absolute atomic E-state index is 12.9. The lowest BCUT2D eigenvalue weighted by molar-refractivity contribution is 0.0913. The number of nitrogens with one attached hydrogen (secondary N) is 1. The van der Waals surface area contributed by atoms with E-state index < -0.39 is 10.0 Å². The highest BCUT2D eigenvalue weighted by Gasteiger charge is 2.25. The van der Waals surface area contributed by atoms with Crippen LogP contribution >= 0.6 is 0 Å². The summed E-state index contributed by atoms with van der Waals surface area (Å²) in [6.45, 7) is 13.3. The lowest BCUT2D eigenvalue weighted by Gasteiger charge is -2.31. The predicted molar refractivity (Wildman–Crippen MR) is 118 cm³/mol. The first-order valence-corrected chi connectivity index (χ1v) is 11.9. The Kier molecular flexibility index (Phi) is 8.43. The van der Waals surface area contributed by atoms with Crippen molar-refractivity contribution < 1.29 is 13.2 Å². The van der Waals surface area contributed by atoms with Crippen molar-refractivity contribution in [3.63, 3.8) is 0 Å². The summed E-state index contributed by atoms with van der Waals surface area (Å²) in [5, 5.41) is 3.11. The lowest BCUT2D eigenvalue weighted by atomic mass is 10.0. The molecule has 1 fully saturated rings. The van der Waals surface area contributed by atoms with Gasteiger partial charge in [-0.3, -0.25) is 9.69 Å². The molecule has 1 saturated heterocycles. The van der Waals surface area contributed by atoms with Crippen LogP contribution in [0.15, 0.2) is 34.7 Å². The van der Waals surface area contributed by atoms with Crippen LogP contribution in [0.1, 0.15) is 56.5 Å². The molecule has 0 atom stereocenters. The molecule has 0 bridgehead atoms. The molecule has 2 rings (SSSR count). The van der Waals surface area contributed by atoms with Gasteiger partial charge in [-0.05, 0) is 51.3 Å². The summed E-state index contributed by atoms with van der Waals surface area (Å²) in [6, 6.07) is 4.93. The van der Waals surface area contributed by atoms with Crippen LogP contribution in [0.5, 0.6) is 0 Å². The Morgan fingerprint density at radius 2 is 1.83 bits per heavy atom. The Morgan fingerprint density at radius 3 is 2.38 bits per heavy atom. The van der Waals surface area contributed by atoms with E-state index in [1.165, 1.54) is 15.9 Å². The highest BCUT2D eigenvalue weighted by molar-refractivity contribution is 7.89. The molecule has 1 aliphatic rings. The molecule has 162 valence electrons. The molecule has 1 amide bonds. The van der Waals surface area contributed by atoms with Crippen LogP contribution in [0, 0.1) is 6.92 Å². The standard InChI is InChI=1S/C22H35N3O3S/c1-6-25(7-2)29(27,28)20-9-8-18(5)21(16-20)22(26)23-19-11-14-24(15-12-19)13-10-17(3)4/h8-10,16,19H,6-7,11-15H2,1-5H3,(H,23,26). The van der Waals surface area contributed by atoms with Gasteiger partial charge in [0.05, 0.1) is 4.90 Å². The summed E-state index contributed by atoms with van der Waals surface area (Å²) in [6.07, 6.45) is 4.03. The van der Waals surface area contributed by atoms with E-state index in [1.54, 1.807) is 12.1 Å². The van der Waals surface area contributed by atoms with Crippen LogP contribution < -0.4 is 5.32 Å². The van der Waals surface area contributed by atoms with Crippen LogP contribution in [0.3, 0.4) is 0 Å². The molecule has 0 spiro atoms. The minimum Gasteiger partial charge on any atom is -0.349 e. The first-order valence-electron chi connectivity index (χ1n) is 10.5. The Bertz CT molecular complexity index is 833. The highest BCUT2D eigenvalue weighted by atomic mass is 32.2. The monoisotopic (exact) mass is 421 g/mol. The smallest absolute Gasteiger partial charge is 0.251 e. The largest absolute Gasteiger partial charge is 0.349 e. The van der Waals surface area contributed by atoms with E-state index >= 15 is 0 Å². The molecule has 1 aliphatic heterocycles. The quantitative estimate of drug-likeness (QED) is 0.655. The molecule has 1 aromatic carbocycles. The van der Waals surface area contributed by atoms with Gasteiger partial charge in [-0.15, -0.1) is 0 Å². The number of hydrogen-bond donors (Lipinski definition) is 1. The maximum Gasteiger partial charge on any atom is 0.251 e. The topological polar surface area (TPSA) is 69.7 Å². The molecule has 29 heavy (non-hydrogen) atoms. The number of likely N-dealkylation sites (tertiary alicyclic amines) is 1.